The molecule has 2 amide bonds. The molecule has 5 heterocycles. The second-order valence-corrected chi connectivity index (χ2v) is 24.4. The monoisotopic (exact) mass is 1240 g/mol. The van der Waals surface area contributed by atoms with Gasteiger partial charge in [0.1, 0.15) is 17.2 Å². The number of alkyl halides is 3. The number of pyridine rings is 3. The molecule has 2 atom stereocenters. The highest BCUT2D eigenvalue weighted by Crippen LogP contribution is 2.35. The van der Waals surface area contributed by atoms with Crippen molar-refractivity contribution in [2.45, 2.75) is 138 Å². The number of piperazine rings is 1. The summed E-state index contributed by atoms with van der Waals surface area (Å²) in [7, 11) is 0. The first-order chi connectivity index (χ1) is 41.6. The largest absolute Gasteiger partial charge is 0.480 e. The Labute approximate surface area is 516 Å². The Morgan fingerprint density at radius 2 is 1.28 bits per heavy atom. The van der Waals surface area contributed by atoms with Gasteiger partial charge in [-0.05, 0) is 124 Å². The Morgan fingerprint density at radius 1 is 0.705 bits per heavy atom. The lowest BCUT2D eigenvalue weighted by Gasteiger charge is -2.43. The summed E-state index contributed by atoms with van der Waals surface area (Å²) in [5.41, 5.74) is -0.659. The Bertz CT molecular complexity index is 2720. The van der Waals surface area contributed by atoms with Crippen LogP contribution in [0.5, 0.6) is 11.8 Å². The number of carboxylic acid groups (broad SMARTS) is 1. The van der Waals surface area contributed by atoms with Crippen molar-refractivity contribution in [3.8, 4) is 23.0 Å². The number of hydrogen-bond donors (Lipinski definition) is 3. The predicted molar refractivity (Wildman–Crippen MR) is 325 cm³/mol. The zero-order valence-corrected chi connectivity index (χ0v) is 53.3. The number of carbonyl (C=O) groups excluding carboxylic acids is 5. The second-order valence-electron chi connectivity index (χ2n) is 24.4. The standard InChI is InChI=1S/C62H94F3N11O12/c1-12-44-37-75(58(81)46-20-23-52(84-13-2)70-56(46)62(63,64)65)34-35-76(44)50-22-21-47(45-18-17-25-67-57(45)85-14-3)68-49(50)36-66-24-16-15-19-48(59(82)83)69-51(77)38-71-26-28-73(40-54(79)87-60(6,7)8)32-30-72(39-53(78)86-42-43(4)5)31-33-74(29-27-71)41-55(80)88-61(9,10)11/h17-18,20-23,25,43-44,48,66H,12-16,19,24,26-42H2,1-11H3,(H,69,77)(H,82,83)/t44-,48-/m1/s1. The first-order valence-corrected chi connectivity index (χ1v) is 30.6. The van der Waals surface area contributed by atoms with E-state index in [0.29, 0.717) is 101 Å². The van der Waals surface area contributed by atoms with Gasteiger partial charge in [-0.2, -0.15) is 13.2 Å². The molecular formula is C62H94F3N11O12. The SMILES string of the molecule is CCOc1ccc(C(=O)N2CCN(c3ccc(-c4cccnc4OCC)nc3CNCCCC[C@@H](NC(=O)CN3CCN(CC(=O)OC(C)(C)C)CCN(CC(=O)OCC(C)C)CCN(CC(=O)OC(C)(C)C)CC3)C(=O)O)[C@H](CC)C2)c(C(F)(F)F)n1. The Hall–Kier alpha value is -6.74. The molecule has 0 aliphatic carbocycles. The van der Waals surface area contributed by atoms with Crippen LogP contribution in [0.1, 0.15) is 124 Å². The number of nitrogens with zero attached hydrogens (tertiary/aromatic N) is 9. The molecule has 3 N–H and O–H groups in total. The number of nitrogens with one attached hydrogen (secondary N) is 2. The lowest BCUT2D eigenvalue weighted by atomic mass is 10.0. The fourth-order valence-electron chi connectivity index (χ4n) is 10.1. The molecule has 0 bridgehead atoms. The number of carboxylic acids is 1. The molecule has 2 saturated heterocycles. The van der Waals surface area contributed by atoms with E-state index in [4.69, 9.17) is 28.7 Å². The van der Waals surface area contributed by atoms with Crippen molar-refractivity contribution in [2.24, 2.45) is 5.92 Å². The molecular weight excluding hydrogens is 1150 g/mol. The fourth-order valence-corrected chi connectivity index (χ4v) is 10.1. The van der Waals surface area contributed by atoms with E-state index in [2.05, 4.69) is 25.5 Å². The number of aliphatic carboxylic acids is 1. The van der Waals surface area contributed by atoms with Crippen LogP contribution < -0.4 is 25.0 Å². The van der Waals surface area contributed by atoms with Gasteiger partial charge in [0.2, 0.25) is 17.7 Å². The highest BCUT2D eigenvalue weighted by molar-refractivity contribution is 5.96. The van der Waals surface area contributed by atoms with Crippen molar-refractivity contribution >= 4 is 41.4 Å². The third-order valence-electron chi connectivity index (χ3n) is 14.3. The lowest BCUT2D eigenvalue weighted by molar-refractivity contribution is -0.157. The molecule has 2 fully saturated rings. The number of ether oxygens (including phenoxy) is 5. The molecule has 3 aromatic heterocycles. The molecule has 23 nitrogen and oxygen atoms in total. The number of hydrogen-bond acceptors (Lipinski definition) is 20. The van der Waals surface area contributed by atoms with Gasteiger partial charge in [0.25, 0.3) is 5.91 Å². The summed E-state index contributed by atoms with van der Waals surface area (Å²) in [6, 6.07) is 8.30. The Morgan fingerprint density at radius 3 is 1.82 bits per heavy atom. The number of halogens is 3. The topological polar surface area (TPSA) is 251 Å². The smallest absolute Gasteiger partial charge is 0.434 e. The molecule has 26 heteroatoms. The molecule has 0 saturated carbocycles. The maximum atomic E-state index is 14.3. The number of rotatable bonds is 27. The van der Waals surface area contributed by atoms with Gasteiger partial charge in [-0.25, -0.2) is 19.7 Å². The van der Waals surface area contributed by atoms with Crippen LogP contribution in [0.3, 0.4) is 0 Å². The van der Waals surface area contributed by atoms with E-state index >= 15 is 0 Å². The van der Waals surface area contributed by atoms with Crippen molar-refractivity contribution in [3.63, 3.8) is 0 Å². The number of aromatic nitrogens is 3. The summed E-state index contributed by atoms with van der Waals surface area (Å²) in [6.45, 7) is 24.4. The zero-order valence-electron chi connectivity index (χ0n) is 53.3. The molecule has 0 radical (unpaired) electrons. The minimum absolute atomic E-state index is 0.00130. The van der Waals surface area contributed by atoms with Gasteiger partial charge < -0.3 is 49.2 Å². The van der Waals surface area contributed by atoms with Gasteiger partial charge in [0.05, 0.1) is 74.2 Å². The zero-order chi connectivity index (χ0) is 64.8. The summed E-state index contributed by atoms with van der Waals surface area (Å²) in [5.74, 6) is -3.44. The fraction of sp³-hybridized carbons (Fsp3) is 0.661. The predicted octanol–water partition coefficient (Wildman–Crippen LogP) is 6.03. The highest BCUT2D eigenvalue weighted by Gasteiger charge is 2.40. The van der Waals surface area contributed by atoms with Gasteiger partial charge in [-0.3, -0.25) is 43.6 Å². The number of unbranched alkanes of at least 4 members (excludes halogenated alkanes) is 1. The first-order valence-electron chi connectivity index (χ1n) is 30.6. The minimum atomic E-state index is -4.90. The highest BCUT2D eigenvalue weighted by atomic mass is 19.4. The molecule has 88 heavy (non-hydrogen) atoms. The van der Waals surface area contributed by atoms with Crippen LogP contribution in [0.25, 0.3) is 11.3 Å². The van der Waals surface area contributed by atoms with E-state index in [0.717, 1.165) is 11.8 Å². The molecule has 0 aromatic carbocycles. The number of amides is 2. The maximum Gasteiger partial charge on any atom is 0.434 e. The number of carbonyl (C=O) groups is 6. The molecule has 2 aliphatic heterocycles. The van der Waals surface area contributed by atoms with Crippen molar-refractivity contribution in [1.29, 1.82) is 0 Å². The van der Waals surface area contributed by atoms with Crippen LogP contribution in [-0.4, -0.2) is 228 Å². The van der Waals surface area contributed by atoms with E-state index in [1.54, 1.807) is 60.7 Å². The van der Waals surface area contributed by atoms with E-state index in [9.17, 15) is 47.0 Å². The molecule has 0 spiro atoms. The second kappa shape index (κ2) is 34.3. The molecule has 5 rings (SSSR count). The van der Waals surface area contributed by atoms with E-state index in [1.165, 1.54) is 11.0 Å². The summed E-state index contributed by atoms with van der Waals surface area (Å²) >= 11 is 0. The molecule has 0 unspecified atom stereocenters. The average Bonchev–Trinajstić information content (AvgIpc) is 1.96. The summed E-state index contributed by atoms with van der Waals surface area (Å²) in [4.78, 5) is 104. The van der Waals surface area contributed by atoms with Gasteiger partial charge in [-0.1, -0.05) is 20.8 Å². The van der Waals surface area contributed by atoms with Crippen molar-refractivity contribution in [1.82, 2.24) is 50.1 Å². The quantitative estimate of drug-likeness (QED) is 0.0448. The minimum Gasteiger partial charge on any atom is -0.480 e. The third-order valence-corrected chi connectivity index (χ3v) is 14.3. The Kier molecular flexibility index (Phi) is 28.1. The molecule has 490 valence electrons. The summed E-state index contributed by atoms with van der Waals surface area (Å²) < 4.78 is 70.8. The molecule has 2 aliphatic rings. The van der Waals surface area contributed by atoms with Gasteiger partial charge in [-0.15, -0.1) is 0 Å². The van der Waals surface area contributed by atoms with E-state index in [-0.39, 0.29) is 102 Å². The van der Waals surface area contributed by atoms with Gasteiger partial charge in [0.15, 0.2) is 5.69 Å². The van der Waals surface area contributed by atoms with Crippen LogP contribution in [0.2, 0.25) is 0 Å². The normalized spacial score (nSPS) is 16.9. The number of esters is 3. The average molecular weight is 1240 g/mol. The third kappa shape index (κ3) is 24.3. The van der Waals surface area contributed by atoms with E-state index < -0.39 is 64.4 Å². The van der Waals surface area contributed by atoms with Crippen LogP contribution >= 0.6 is 0 Å². The van der Waals surface area contributed by atoms with Gasteiger partial charge in [0, 0.05) is 96.8 Å². The number of anilines is 1. The van der Waals surface area contributed by atoms with Crippen molar-refractivity contribution < 1.29 is 70.7 Å². The van der Waals surface area contributed by atoms with Crippen LogP contribution in [0.15, 0.2) is 42.6 Å². The van der Waals surface area contributed by atoms with E-state index in [1.807, 2.05) is 65.5 Å². The molecule has 3 aromatic rings. The first kappa shape index (κ1) is 72.0. The maximum absolute atomic E-state index is 14.3. The van der Waals surface area contributed by atoms with Crippen molar-refractivity contribution in [3.05, 3.63) is 59.5 Å². The van der Waals surface area contributed by atoms with Crippen LogP contribution in [-0.2, 0) is 50.9 Å². The van der Waals surface area contributed by atoms with Crippen LogP contribution in [0.4, 0.5) is 18.9 Å². The van der Waals surface area contributed by atoms with Gasteiger partial charge >= 0.3 is 30.1 Å². The Balaban J connectivity index is 1.27. The lowest BCUT2D eigenvalue weighted by Crippen LogP contribution is -2.55. The summed E-state index contributed by atoms with van der Waals surface area (Å²) in [5, 5.41) is 16.6. The summed E-state index contributed by atoms with van der Waals surface area (Å²) in [6.07, 6.45) is -1.66. The van der Waals surface area contributed by atoms with Crippen LogP contribution in [0, 0.1) is 5.92 Å². The van der Waals surface area contributed by atoms with Crippen molar-refractivity contribution in [2.75, 3.05) is 129 Å².